The Kier molecular flexibility index (Phi) is 5.82. The second kappa shape index (κ2) is 8.10. The van der Waals surface area contributed by atoms with E-state index in [1.165, 1.54) is 34.9 Å². The maximum Gasteiger partial charge on any atom is 0.254 e. The number of hydrogen-bond acceptors (Lipinski definition) is 4. The summed E-state index contributed by atoms with van der Waals surface area (Å²) in [5.74, 6) is -0.988. The topological polar surface area (TPSA) is 61.8 Å². The zero-order valence-corrected chi connectivity index (χ0v) is 16.3. The molecule has 0 saturated carbocycles. The minimum atomic E-state index is -0.551. The van der Waals surface area contributed by atoms with Crippen molar-refractivity contribution in [3.8, 4) is 0 Å². The van der Waals surface area contributed by atoms with Gasteiger partial charge in [0.15, 0.2) is 5.17 Å². The van der Waals surface area contributed by atoms with Crippen molar-refractivity contribution in [1.82, 2.24) is 0 Å². The number of hydrogen-bond donors (Lipinski definition) is 1. The van der Waals surface area contributed by atoms with E-state index < -0.39 is 11.1 Å². The molecule has 27 heavy (non-hydrogen) atoms. The number of nitrogens with one attached hydrogen (secondary N) is 1. The van der Waals surface area contributed by atoms with Crippen molar-refractivity contribution in [3.05, 3.63) is 58.9 Å². The van der Waals surface area contributed by atoms with Crippen LogP contribution in [0.3, 0.4) is 0 Å². The predicted molar refractivity (Wildman–Crippen MR) is 108 cm³/mol. The number of amides is 2. The highest BCUT2D eigenvalue weighted by molar-refractivity contribution is 8.15. The van der Waals surface area contributed by atoms with Crippen molar-refractivity contribution in [3.63, 3.8) is 0 Å². The summed E-state index contributed by atoms with van der Waals surface area (Å²) in [4.78, 5) is 30.4. The van der Waals surface area contributed by atoms with Crippen molar-refractivity contribution in [2.24, 2.45) is 4.99 Å². The Hall–Kier alpha value is -2.38. The van der Waals surface area contributed by atoms with Crippen LogP contribution in [0.4, 0.5) is 15.8 Å². The van der Waals surface area contributed by atoms with Crippen LogP contribution in [0.15, 0.2) is 47.5 Å². The van der Waals surface area contributed by atoms with Crippen LogP contribution >= 0.6 is 23.4 Å². The number of thioether (sulfide) groups is 1. The molecule has 140 valence electrons. The number of anilines is 2. The first-order valence-electron chi connectivity index (χ1n) is 8.22. The third kappa shape index (κ3) is 4.48. The lowest BCUT2D eigenvalue weighted by atomic mass is 10.2. The molecule has 0 unspecified atom stereocenters. The van der Waals surface area contributed by atoms with Gasteiger partial charge in [-0.3, -0.25) is 19.5 Å². The third-order valence-electron chi connectivity index (χ3n) is 3.92. The molecule has 1 aliphatic rings. The summed E-state index contributed by atoms with van der Waals surface area (Å²) in [6.07, 6.45) is 0. The fourth-order valence-corrected chi connectivity index (χ4v) is 3.57. The van der Waals surface area contributed by atoms with E-state index in [0.29, 0.717) is 16.5 Å². The number of aryl methyl sites for hydroxylation is 1. The molecule has 2 amide bonds. The lowest BCUT2D eigenvalue weighted by molar-refractivity contribution is -0.116. The Bertz CT molecular complexity index is 918. The maximum absolute atomic E-state index is 13.2. The molecule has 0 spiro atoms. The summed E-state index contributed by atoms with van der Waals surface area (Å²) < 4.78 is 13.2. The van der Waals surface area contributed by atoms with E-state index in [-0.39, 0.29) is 23.4 Å². The van der Waals surface area contributed by atoms with Crippen LogP contribution in [-0.2, 0) is 9.59 Å². The first-order valence-corrected chi connectivity index (χ1v) is 9.47. The zero-order valence-electron chi connectivity index (χ0n) is 14.7. The van der Waals surface area contributed by atoms with Gasteiger partial charge in [0.25, 0.3) is 5.91 Å². The fourth-order valence-electron chi connectivity index (χ4n) is 2.45. The molecule has 0 aromatic heterocycles. The fraction of sp³-hybridized carbons (Fsp3) is 0.211. The van der Waals surface area contributed by atoms with Crippen molar-refractivity contribution in [2.45, 2.75) is 19.1 Å². The first kappa shape index (κ1) is 19.4. The Balaban J connectivity index is 1.69. The van der Waals surface area contributed by atoms with Crippen LogP contribution < -0.4 is 10.2 Å². The molecule has 1 N–H and O–H groups in total. The van der Waals surface area contributed by atoms with Gasteiger partial charge in [-0.15, -0.1) is 0 Å². The molecule has 5 nitrogen and oxygen atoms in total. The number of amidine groups is 1. The number of benzene rings is 2. The van der Waals surface area contributed by atoms with E-state index in [9.17, 15) is 14.0 Å². The number of halogens is 2. The molecule has 0 radical (unpaired) electrons. The average Bonchev–Trinajstić information content (AvgIpc) is 2.99. The zero-order chi connectivity index (χ0) is 19.6. The molecule has 8 heteroatoms. The minimum absolute atomic E-state index is 0.0537. The monoisotopic (exact) mass is 405 g/mol. The van der Waals surface area contributed by atoms with E-state index in [1.807, 2.05) is 31.2 Å². The summed E-state index contributed by atoms with van der Waals surface area (Å²) in [7, 11) is 0. The standard InChI is InChI=1S/C19H17ClFN3O2S/c1-11-3-6-14(7-4-11)24-17(25)10-22-19(24)27-12(2)18(26)23-13-5-8-16(21)15(20)9-13/h3-9,12H,10H2,1-2H3,(H,23,26)/t12-/m0/s1. The summed E-state index contributed by atoms with van der Waals surface area (Å²) in [5, 5.41) is 2.58. The number of carbonyl (C=O) groups excluding carboxylic acids is 2. The van der Waals surface area contributed by atoms with Gasteiger partial charge in [0, 0.05) is 5.69 Å². The van der Waals surface area contributed by atoms with Crippen molar-refractivity contribution in [1.29, 1.82) is 0 Å². The quantitative estimate of drug-likeness (QED) is 0.827. The second-order valence-electron chi connectivity index (χ2n) is 6.04. The van der Waals surface area contributed by atoms with Crippen LogP contribution in [0, 0.1) is 12.7 Å². The van der Waals surface area contributed by atoms with Crippen molar-refractivity contribution in [2.75, 3.05) is 16.8 Å². The Morgan fingerprint density at radius 1 is 1.30 bits per heavy atom. The molecule has 1 aliphatic heterocycles. The third-order valence-corrected chi connectivity index (χ3v) is 5.30. The van der Waals surface area contributed by atoms with E-state index in [0.717, 1.165) is 5.56 Å². The largest absolute Gasteiger partial charge is 0.325 e. The predicted octanol–water partition coefficient (Wildman–Crippen LogP) is 4.25. The summed E-state index contributed by atoms with van der Waals surface area (Å²) in [6, 6.07) is 11.5. The van der Waals surface area contributed by atoms with E-state index >= 15 is 0 Å². The average molecular weight is 406 g/mol. The van der Waals surface area contributed by atoms with Gasteiger partial charge in [-0.25, -0.2) is 4.39 Å². The highest BCUT2D eigenvalue weighted by Crippen LogP contribution is 2.27. The minimum Gasteiger partial charge on any atom is -0.325 e. The molecule has 0 fully saturated rings. The second-order valence-corrected chi connectivity index (χ2v) is 7.76. The molecule has 0 aliphatic carbocycles. The Morgan fingerprint density at radius 2 is 2.00 bits per heavy atom. The lowest BCUT2D eigenvalue weighted by Crippen LogP contribution is -2.33. The first-order chi connectivity index (χ1) is 12.8. The van der Waals surface area contributed by atoms with Crippen LogP contribution in [0.25, 0.3) is 0 Å². The van der Waals surface area contributed by atoms with Gasteiger partial charge in [-0.1, -0.05) is 41.1 Å². The highest BCUT2D eigenvalue weighted by Gasteiger charge is 2.30. The van der Waals surface area contributed by atoms with E-state index in [4.69, 9.17) is 11.6 Å². The number of rotatable bonds is 4. The van der Waals surface area contributed by atoms with Gasteiger partial charge >= 0.3 is 0 Å². The van der Waals surface area contributed by atoms with Crippen molar-refractivity contribution >= 4 is 51.7 Å². The van der Waals surface area contributed by atoms with Gasteiger partial charge in [-0.05, 0) is 44.2 Å². The highest BCUT2D eigenvalue weighted by atomic mass is 35.5. The normalized spacial score (nSPS) is 14.9. The number of aliphatic imine (C=N–C) groups is 1. The SMILES string of the molecule is Cc1ccc(N2C(=O)CN=C2S[C@@H](C)C(=O)Nc2ccc(F)c(Cl)c2)cc1. The molecular formula is C19H17ClFN3O2S. The molecule has 2 aromatic rings. The molecule has 0 saturated heterocycles. The van der Waals surface area contributed by atoms with Gasteiger partial charge < -0.3 is 5.32 Å². The van der Waals surface area contributed by atoms with Crippen LogP contribution in [0.2, 0.25) is 5.02 Å². The van der Waals surface area contributed by atoms with Crippen LogP contribution in [0.1, 0.15) is 12.5 Å². The summed E-state index contributed by atoms with van der Waals surface area (Å²) in [6.45, 7) is 3.73. The maximum atomic E-state index is 13.2. The molecule has 3 rings (SSSR count). The smallest absolute Gasteiger partial charge is 0.254 e. The molecule has 1 atom stereocenters. The number of carbonyl (C=O) groups is 2. The van der Waals surface area contributed by atoms with Crippen molar-refractivity contribution < 1.29 is 14.0 Å². The van der Waals surface area contributed by atoms with Gasteiger partial charge in [0.2, 0.25) is 5.91 Å². The Morgan fingerprint density at radius 3 is 2.67 bits per heavy atom. The van der Waals surface area contributed by atoms with Gasteiger partial charge in [-0.2, -0.15) is 0 Å². The van der Waals surface area contributed by atoms with Crippen LogP contribution in [0.5, 0.6) is 0 Å². The van der Waals surface area contributed by atoms with Gasteiger partial charge in [0.05, 0.1) is 16.0 Å². The number of nitrogens with zero attached hydrogens (tertiary/aromatic N) is 2. The van der Waals surface area contributed by atoms with E-state index in [1.54, 1.807) is 6.92 Å². The molecule has 2 aromatic carbocycles. The summed E-state index contributed by atoms with van der Waals surface area (Å²) >= 11 is 6.92. The van der Waals surface area contributed by atoms with E-state index in [2.05, 4.69) is 10.3 Å². The summed E-state index contributed by atoms with van der Waals surface area (Å²) in [5.41, 5.74) is 2.20. The molecule has 0 bridgehead atoms. The molecular weight excluding hydrogens is 389 g/mol. The van der Waals surface area contributed by atoms with Crippen LogP contribution in [-0.4, -0.2) is 28.8 Å². The lowest BCUT2D eigenvalue weighted by Gasteiger charge is -2.20. The molecule has 1 heterocycles. The Labute approximate surface area is 165 Å². The van der Waals surface area contributed by atoms with Gasteiger partial charge in [0.1, 0.15) is 12.4 Å².